The second kappa shape index (κ2) is 13.7. The molecule has 3 fully saturated rings. The number of aliphatic hydroxyl groups is 3. The molecule has 0 radical (unpaired) electrons. The summed E-state index contributed by atoms with van der Waals surface area (Å²) in [7, 11) is -4.26. The Labute approximate surface area is 240 Å². The number of nitrogens with zero attached hydrogens (tertiary/aromatic N) is 1. The van der Waals surface area contributed by atoms with Crippen molar-refractivity contribution in [2.45, 2.75) is 94.8 Å². The molecule has 0 aromatic heterocycles. The van der Waals surface area contributed by atoms with Crippen LogP contribution < -0.4 is 26.1 Å². The van der Waals surface area contributed by atoms with Gasteiger partial charge in [-0.05, 0) is 37.8 Å². The highest BCUT2D eigenvalue weighted by atomic mass is 31.2. The van der Waals surface area contributed by atoms with Gasteiger partial charge in [0.15, 0.2) is 0 Å². The zero-order valence-electron chi connectivity index (χ0n) is 23.7. The van der Waals surface area contributed by atoms with E-state index in [0.717, 1.165) is 12.8 Å². The van der Waals surface area contributed by atoms with Crippen LogP contribution in [0.3, 0.4) is 0 Å². The van der Waals surface area contributed by atoms with Crippen molar-refractivity contribution in [1.82, 2.24) is 20.8 Å². The van der Waals surface area contributed by atoms with Crippen LogP contribution in [0.15, 0.2) is 30.3 Å². The SMILES string of the molecule is CCC(CC)COC(=O)[C@H](C)N[P@](=O)(OC[C@H]1O[C@@](O)(C2CCC3C(N)NCNN32)[C@H](O)[C@@H]1O)Oc1ccccc1. The Morgan fingerprint density at radius 3 is 2.66 bits per heavy atom. The van der Waals surface area contributed by atoms with Crippen LogP contribution in [0.25, 0.3) is 0 Å². The van der Waals surface area contributed by atoms with Gasteiger partial charge < -0.3 is 35.1 Å². The Hall–Kier alpha value is -1.68. The van der Waals surface area contributed by atoms with Gasteiger partial charge in [-0.15, -0.1) is 0 Å². The van der Waals surface area contributed by atoms with Gasteiger partial charge in [0, 0.05) is 0 Å². The molecule has 3 saturated heterocycles. The average molecular weight is 602 g/mol. The molecule has 1 aromatic carbocycles. The molecule has 0 spiro atoms. The Balaban J connectivity index is 1.44. The summed E-state index contributed by atoms with van der Waals surface area (Å²) in [6, 6.07) is 6.31. The molecule has 3 heterocycles. The molecule has 0 saturated carbocycles. The van der Waals surface area contributed by atoms with Crippen molar-refractivity contribution in [2.24, 2.45) is 11.7 Å². The van der Waals surface area contributed by atoms with E-state index in [-0.39, 0.29) is 30.5 Å². The molecule has 3 unspecified atom stereocenters. The van der Waals surface area contributed by atoms with E-state index in [4.69, 9.17) is 24.3 Å². The average Bonchev–Trinajstić information content (AvgIpc) is 3.49. The Morgan fingerprint density at radius 2 is 1.98 bits per heavy atom. The highest BCUT2D eigenvalue weighted by Crippen LogP contribution is 2.47. The number of carbonyl (C=O) groups excluding carboxylic acids is 1. The third-order valence-electron chi connectivity index (χ3n) is 8.09. The van der Waals surface area contributed by atoms with Gasteiger partial charge in [-0.3, -0.25) is 14.6 Å². The lowest BCUT2D eigenvalue weighted by molar-refractivity contribution is -0.267. The van der Waals surface area contributed by atoms with Crippen LogP contribution in [0.2, 0.25) is 0 Å². The fourth-order valence-electron chi connectivity index (χ4n) is 5.47. The standard InChI is InChI=1S/C26H44N5O9P/c1-4-17(5-2)13-37-25(34)16(3)30-41(36,40-18-9-7-6-8-10-18)38-14-20-22(32)23(33)26(35,39-20)21-12-11-19-24(27)28-15-29-31(19)21/h6-10,16-17,19-24,28-29,32-33,35H,4-5,11-15,27H2,1-3H3,(H,30,36)/t16-,19?,20+,21?,22+,23+,24?,26-,41-/m0/s1. The number of nitrogens with two attached hydrogens (primary N) is 1. The van der Waals surface area contributed by atoms with E-state index in [1.165, 1.54) is 6.92 Å². The van der Waals surface area contributed by atoms with Gasteiger partial charge in [-0.25, -0.2) is 15.0 Å². The van der Waals surface area contributed by atoms with Gasteiger partial charge in [0.1, 0.15) is 30.1 Å². The summed E-state index contributed by atoms with van der Waals surface area (Å²) in [6.07, 6.45) is -2.10. The topological polar surface area (TPSA) is 197 Å². The Kier molecular flexibility index (Phi) is 10.8. The van der Waals surface area contributed by atoms with E-state index in [1.807, 2.05) is 13.8 Å². The minimum atomic E-state index is -4.26. The lowest BCUT2D eigenvalue weighted by atomic mass is 9.97. The summed E-state index contributed by atoms with van der Waals surface area (Å²) in [5.74, 6) is -2.36. The second-order valence-electron chi connectivity index (χ2n) is 10.8. The van der Waals surface area contributed by atoms with Crippen molar-refractivity contribution >= 4 is 13.7 Å². The Morgan fingerprint density at radius 1 is 1.27 bits per heavy atom. The van der Waals surface area contributed by atoms with Crippen LogP contribution >= 0.6 is 7.75 Å². The molecule has 232 valence electrons. The first-order valence-electron chi connectivity index (χ1n) is 14.2. The normalized spacial score (nSPS) is 34.2. The van der Waals surface area contributed by atoms with Crippen LogP contribution in [-0.4, -0.2) is 94.6 Å². The molecular formula is C26H44N5O9P. The second-order valence-corrected chi connectivity index (χ2v) is 12.5. The number of fused-ring (bicyclic) bond motifs is 1. The van der Waals surface area contributed by atoms with E-state index < -0.39 is 56.5 Å². The Bertz CT molecular complexity index is 1050. The van der Waals surface area contributed by atoms with Crippen molar-refractivity contribution in [3.8, 4) is 5.75 Å². The van der Waals surface area contributed by atoms with Crippen molar-refractivity contribution in [3.05, 3.63) is 30.3 Å². The van der Waals surface area contributed by atoms with Gasteiger partial charge in [0.2, 0.25) is 5.79 Å². The zero-order chi connectivity index (χ0) is 29.8. The number of hydrogen-bond donors (Lipinski definition) is 7. The number of ether oxygens (including phenoxy) is 2. The molecule has 41 heavy (non-hydrogen) atoms. The molecule has 9 atom stereocenters. The summed E-state index contributed by atoms with van der Waals surface area (Å²) in [5, 5.41) is 40.6. The number of hydrogen-bond acceptors (Lipinski definition) is 13. The van der Waals surface area contributed by atoms with Crippen molar-refractivity contribution in [1.29, 1.82) is 0 Å². The van der Waals surface area contributed by atoms with E-state index in [1.54, 1.807) is 35.3 Å². The maximum absolute atomic E-state index is 13.9. The van der Waals surface area contributed by atoms with Crippen molar-refractivity contribution < 1.29 is 43.2 Å². The van der Waals surface area contributed by atoms with E-state index in [0.29, 0.717) is 19.5 Å². The lowest BCUT2D eigenvalue weighted by Gasteiger charge is -2.43. The lowest BCUT2D eigenvalue weighted by Crippen LogP contribution is -2.70. The number of nitrogens with one attached hydrogen (secondary N) is 3. The summed E-state index contributed by atoms with van der Waals surface area (Å²) in [5.41, 5.74) is 9.26. The predicted octanol–water partition coefficient (Wildman–Crippen LogP) is 0.140. The summed E-state index contributed by atoms with van der Waals surface area (Å²) >= 11 is 0. The maximum Gasteiger partial charge on any atom is 0.459 e. The van der Waals surface area contributed by atoms with Crippen molar-refractivity contribution in [3.63, 3.8) is 0 Å². The van der Waals surface area contributed by atoms with Gasteiger partial charge in [-0.2, -0.15) is 5.09 Å². The third-order valence-corrected chi connectivity index (χ3v) is 9.73. The minimum absolute atomic E-state index is 0.157. The van der Waals surface area contributed by atoms with E-state index in [2.05, 4.69) is 15.8 Å². The first-order chi connectivity index (χ1) is 19.5. The molecule has 14 nitrogen and oxygen atoms in total. The third kappa shape index (κ3) is 7.28. The smallest absolute Gasteiger partial charge is 0.459 e. The number of rotatable bonds is 13. The molecular weight excluding hydrogens is 557 g/mol. The predicted molar refractivity (Wildman–Crippen MR) is 148 cm³/mol. The number of esters is 1. The number of aliphatic hydroxyl groups excluding tert-OH is 2. The largest absolute Gasteiger partial charge is 0.464 e. The van der Waals surface area contributed by atoms with Crippen LogP contribution in [0.5, 0.6) is 5.75 Å². The fraction of sp³-hybridized carbons (Fsp3) is 0.731. The summed E-state index contributed by atoms with van der Waals surface area (Å²) in [4.78, 5) is 12.7. The molecule has 0 bridgehead atoms. The monoisotopic (exact) mass is 601 g/mol. The first-order valence-corrected chi connectivity index (χ1v) is 15.8. The van der Waals surface area contributed by atoms with E-state index >= 15 is 0 Å². The summed E-state index contributed by atoms with van der Waals surface area (Å²) < 4.78 is 36.4. The van der Waals surface area contributed by atoms with Gasteiger partial charge in [-0.1, -0.05) is 44.9 Å². The fourth-order valence-corrected chi connectivity index (χ4v) is 6.98. The number of para-hydroxylation sites is 1. The molecule has 0 aliphatic carbocycles. The number of carbonyl (C=O) groups is 1. The minimum Gasteiger partial charge on any atom is -0.464 e. The van der Waals surface area contributed by atoms with Crippen LogP contribution in [-0.2, 0) is 23.4 Å². The number of hydrazine groups is 1. The molecule has 3 aliphatic heterocycles. The van der Waals surface area contributed by atoms with Crippen LogP contribution in [0.1, 0.15) is 46.5 Å². The van der Waals surface area contributed by atoms with Gasteiger partial charge in [0.25, 0.3) is 0 Å². The molecule has 15 heteroatoms. The summed E-state index contributed by atoms with van der Waals surface area (Å²) in [6.45, 7) is 5.56. The van der Waals surface area contributed by atoms with Crippen LogP contribution in [0.4, 0.5) is 0 Å². The van der Waals surface area contributed by atoms with Crippen LogP contribution in [0, 0.1) is 5.92 Å². The molecule has 8 N–H and O–H groups in total. The van der Waals surface area contributed by atoms with Gasteiger partial charge in [0.05, 0.1) is 38.1 Å². The van der Waals surface area contributed by atoms with Crippen molar-refractivity contribution in [2.75, 3.05) is 19.9 Å². The molecule has 3 aliphatic rings. The first kappa shape index (κ1) is 32.2. The molecule has 4 rings (SSSR count). The number of benzene rings is 1. The maximum atomic E-state index is 13.9. The highest BCUT2D eigenvalue weighted by molar-refractivity contribution is 7.52. The highest BCUT2D eigenvalue weighted by Gasteiger charge is 2.62. The molecule has 1 aromatic rings. The van der Waals surface area contributed by atoms with Gasteiger partial charge >= 0.3 is 13.7 Å². The molecule has 0 amide bonds. The van der Waals surface area contributed by atoms with E-state index in [9.17, 15) is 24.7 Å². The zero-order valence-corrected chi connectivity index (χ0v) is 24.6. The quantitative estimate of drug-likeness (QED) is 0.119.